The Morgan fingerprint density at radius 2 is 1.47 bits per heavy atom. The van der Waals surface area contributed by atoms with E-state index in [1.54, 1.807) is 0 Å². The molecular formula is C13H20O2. The van der Waals surface area contributed by atoms with Crippen molar-refractivity contribution in [1.82, 2.24) is 0 Å². The minimum Gasteiger partial charge on any atom is -0.307 e. The van der Waals surface area contributed by atoms with Gasteiger partial charge >= 0.3 is 0 Å². The van der Waals surface area contributed by atoms with Gasteiger partial charge in [0.25, 0.3) is 0 Å². The lowest BCUT2D eigenvalue weighted by atomic mass is 10.0. The molecule has 15 heavy (non-hydrogen) atoms. The topological polar surface area (TPSA) is 34.1 Å². The van der Waals surface area contributed by atoms with Crippen molar-refractivity contribution in [3.63, 3.8) is 0 Å². The van der Waals surface area contributed by atoms with Crippen LogP contribution in [0.15, 0.2) is 24.3 Å². The molecule has 84 valence electrons. The van der Waals surface area contributed by atoms with Crippen LogP contribution in [0.2, 0.25) is 0 Å². The first-order chi connectivity index (χ1) is 7.24. The van der Waals surface area contributed by atoms with Crippen molar-refractivity contribution in [3.8, 4) is 0 Å². The van der Waals surface area contributed by atoms with Crippen LogP contribution in [0, 0.1) is 0 Å². The smallest absolute Gasteiger partial charge is 0.150 e. The molecule has 0 atom stereocenters. The molecule has 0 spiro atoms. The predicted molar refractivity (Wildman–Crippen MR) is 64.4 cm³/mol. The van der Waals surface area contributed by atoms with Gasteiger partial charge in [0.1, 0.15) is 13.1 Å². The first-order valence-corrected chi connectivity index (χ1v) is 5.08. The summed E-state index contributed by atoms with van der Waals surface area (Å²) in [4.78, 5) is 18.3. The van der Waals surface area contributed by atoms with E-state index in [-0.39, 0.29) is 0 Å². The fraction of sp³-hybridized carbons (Fsp3) is 0.385. The second kappa shape index (κ2) is 10.6. The molecule has 1 aromatic rings. The van der Waals surface area contributed by atoms with E-state index in [2.05, 4.69) is 13.8 Å². The van der Waals surface area contributed by atoms with Gasteiger partial charge in [-0.15, -0.1) is 0 Å². The molecule has 2 nitrogen and oxygen atoms in total. The van der Waals surface area contributed by atoms with Gasteiger partial charge in [0.05, 0.1) is 0 Å². The molecule has 0 aliphatic heterocycles. The van der Waals surface area contributed by atoms with E-state index in [0.717, 1.165) is 11.8 Å². The van der Waals surface area contributed by atoms with E-state index in [1.165, 1.54) is 5.56 Å². The van der Waals surface area contributed by atoms with Crippen molar-refractivity contribution in [1.29, 1.82) is 0 Å². The molecule has 0 unspecified atom stereocenters. The van der Waals surface area contributed by atoms with Crippen LogP contribution in [-0.4, -0.2) is 13.1 Å². The summed E-state index contributed by atoms with van der Waals surface area (Å²) >= 11 is 0. The Bertz CT molecular complexity index is 250. The first kappa shape index (κ1) is 16.0. The lowest BCUT2D eigenvalue weighted by Gasteiger charge is -2.03. The molecular weight excluding hydrogens is 188 g/mol. The summed E-state index contributed by atoms with van der Waals surface area (Å²) in [6.07, 6.45) is 0.865. The van der Waals surface area contributed by atoms with Crippen LogP contribution < -0.4 is 0 Å². The SMILES string of the molecule is C=O.CC.CC(C)c1ccc(C=O)cc1. The van der Waals surface area contributed by atoms with Gasteiger partial charge in [0.2, 0.25) is 0 Å². The lowest BCUT2D eigenvalue weighted by molar-refractivity contribution is -0.0979. The van der Waals surface area contributed by atoms with Crippen molar-refractivity contribution in [2.24, 2.45) is 0 Å². The number of benzene rings is 1. The molecule has 1 rings (SSSR count). The number of hydrogen-bond acceptors (Lipinski definition) is 2. The maximum atomic E-state index is 10.3. The zero-order valence-corrected chi connectivity index (χ0v) is 9.99. The van der Waals surface area contributed by atoms with E-state index < -0.39 is 0 Å². The van der Waals surface area contributed by atoms with Gasteiger partial charge in [-0.3, -0.25) is 4.79 Å². The highest BCUT2D eigenvalue weighted by Crippen LogP contribution is 2.13. The van der Waals surface area contributed by atoms with E-state index in [1.807, 2.05) is 44.9 Å². The summed E-state index contributed by atoms with van der Waals surface area (Å²) in [6.45, 7) is 10.3. The molecule has 0 aliphatic carbocycles. The van der Waals surface area contributed by atoms with Crippen LogP contribution >= 0.6 is 0 Å². The summed E-state index contributed by atoms with van der Waals surface area (Å²) in [5, 5.41) is 0. The minimum atomic E-state index is 0.538. The van der Waals surface area contributed by atoms with E-state index in [4.69, 9.17) is 4.79 Å². The Labute approximate surface area is 92.3 Å². The third-order valence-electron chi connectivity index (χ3n) is 1.74. The van der Waals surface area contributed by atoms with Gasteiger partial charge in [-0.1, -0.05) is 52.0 Å². The summed E-state index contributed by atoms with van der Waals surface area (Å²) in [6, 6.07) is 7.69. The maximum Gasteiger partial charge on any atom is 0.150 e. The molecule has 0 fully saturated rings. The Balaban J connectivity index is 0. The first-order valence-electron chi connectivity index (χ1n) is 5.08. The molecule has 0 N–H and O–H groups in total. The summed E-state index contributed by atoms with van der Waals surface area (Å²) in [5.74, 6) is 0.538. The van der Waals surface area contributed by atoms with Crippen molar-refractivity contribution < 1.29 is 9.59 Å². The molecule has 0 heterocycles. The van der Waals surface area contributed by atoms with Crippen molar-refractivity contribution in [3.05, 3.63) is 35.4 Å². The standard InChI is InChI=1S/C10H12O.C2H6.CH2O/c1-8(2)10-5-3-9(7-11)4-6-10;2*1-2/h3-8H,1-2H3;1-2H3;1H2. The van der Waals surface area contributed by atoms with Crippen LogP contribution in [0.4, 0.5) is 0 Å². The van der Waals surface area contributed by atoms with Gasteiger partial charge in [-0.2, -0.15) is 0 Å². The largest absolute Gasteiger partial charge is 0.307 e. The number of aldehydes is 1. The lowest BCUT2D eigenvalue weighted by Crippen LogP contribution is -1.87. The molecule has 0 aromatic heterocycles. The average Bonchev–Trinajstić information content (AvgIpc) is 2.34. The number of carbonyl (C=O) groups is 2. The van der Waals surface area contributed by atoms with Crippen molar-refractivity contribution in [2.45, 2.75) is 33.6 Å². The zero-order chi connectivity index (χ0) is 12.3. The van der Waals surface area contributed by atoms with E-state index in [0.29, 0.717) is 5.92 Å². The predicted octanol–water partition coefficient (Wildman–Crippen LogP) is 3.46. The third-order valence-corrected chi connectivity index (χ3v) is 1.74. The monoisotopic (exact) mass is 208 g/mol. The van der Waals surface area contributed by atoms with Gasteiger partial charge in [0.15, 0.2) is 0 Å². The molecule has 0 bridgehead atoms. The Hall–Kier alpha value is -1.44. The summed E-state index contributed by atoms with van der Waals surface area (Å²) in [5.41, 5.74) is 2.02. The fourth-order valence-corrected chi connectivity index (χ4v) is 0.959. The quantitative estimate of drug-likeness (QED) is 0.697. The highest BCUT2D eigenvalue weighted by Gasteiger charge is 1.96. The average molecular weight is 208 g/mol. The van der Waals surface area contributed by atoms with Crippen LogP contribution in [0.5, 0.6) is 0 Å². The Morgan fingerprint density at radius 3 is 1.73 bits per heavy atom. The van der Waals surface area contributed by atoms with Gasteiger partial charge in [0, 0.05) is 5.56 Å². The van der Waals surface area contributed by atoms with Crippen LogP contribution in [0.25, 0.3) is 0 Å². The molecule has 1 aromatic carbocycles. The minimum absolute atomic E-state index is 0.538. The van der Waals surface area contributed by atoms with Crippen LogP contribution in [-0.2, 0) is 4.79 Å². The highest BCUT2D eigenvalue weighted by molar-refractivity contribution is 5.74. The zero-order valence-electron chi connectivity index (χ0n) is 9.99. The molecule has 0 saturated heterocycles. The second-order valence-corrected chi connectivity index (χ2v) is 2.94. The summed E-state index contributed by atoms with van der Waals surface area (Å²) in [7, 11) is 0. The second-order valence-electron chi connectivity index (χ2n) is 2.94. The highest BCUT2D eigenvalue weighted by atomic mass is 16.1. The van der Waals surface area contributed by atoms with E-state index >= 15 is 0 Å². The third kappa shape index (κ3) is 6.61. The van der Waals surface area contributed by atoms with Crippen molar-refractivity contribution >= 4 is 13.1 Å². The summed E-state index contributed by atoms with van der Waals surface area (Å²) < 4.78 is 0. The Kier molecular flexibility index (Phi) is 11.4. The molecule has 2 heteroatoms. The van der Waals surface area contributed by atoms with Crippen LogP contribution in [0.1, 0.15) is 49.5 Å². The van der Waals surface area contributed by atoms with Crippen LogP contribution in [0.3, 0.4) is 0 Å². The fourth-order valence-electron chi connectivity index (χ4n) is 0.959. The van der Waals surface area contributed by atoms with Gasteiger partial charge < -0.3 is 4.79 Å². The van der Waals surface area contributed by atoms with Gasteiger partial charge in [-0.05, 0) is 11.5 Å². The molecule has 0 amide bonds. The van der Waals surface area contributed by atoms with Crippen molar-refractivity contribution in [2.75, 3.05) is 0 Å². The molecule has 0 aliphatic rings. The normalized spacial score (nSPS) is 8.07. The number of carbonyl (C=O) groups excluding carboxylic acids is 2. The van der Waals surface area contributed by atoms with Gasteiger partial charge in [-0.25, -0.2) is 0 Å². The molecule has 0 saturated carbocycles. The van der Waals surface area contributed by atoms with E-state index in [9.17, 15) is 4.79 Å². The Morgan fingerprint density at radius 1 is 1.07 bits per heavy atom. The molecule has 0 radical (unpaired) electrons. The number of rotatable bonds is 2. The maximum absolute atomic E-state index is 10.3. The number of hydrogen-bond donors (Lipinski definition) is 0.